The van der Waals surface area contributed by atoms with Crippen molar-refractivity contribution in [1.29, 1.82) is 0 Å². The van der Waals surface area contributed by atoms with E-state index >= 15 is 0 Å². The number of nitrogens with two attached hydrogens (primary N) is 2. The van der Waals surface area contributed by atoms with Crippen molar-refractivity contribution < 1.29 is 35.1 Å². The Morgan fingerprint density at radius 3 is 2.30 bits per heavy atom. The number of nitrogens with one attached hydrogen (secondary N) is 2. The van der Waals surface area contributed by atoms with Crippen LogP contribution in [0.15, 0.2) is 23.2 Å². The minimum absolute atomic E-state index is 0.00907. The summed E-state index contributed by atoms with van der Waals surface area (Å²) in [5.41, 5.74) is 10.1. The Kier molecular flexibility index (Phi) is 8.41. The summed E-state index contributed by atoms with van der Waals surface area (Å²) < 4.78 is 0. The largest absolute Gasteiger partial charge is 0.465 e. The van der Waals surface area contributed by atoms with Crippen LogP contribution in [0, 0.1) is 0 Å². The first-order chi connectivity index (χ1) is 12.6. The molecule has 0 bridgehead atoms. The van der Waals surface area contributed by atoms with E-state index in [1.54, 1.807) is 0 Å². The highest BCUT2D eigenvalue weighted by molar-refractivity contribution is 5.97. The highest BCUT2D eigenvalue weighted by atomic mass is 16.5. The van der Waals surface area contributed by atoms with Crippen LogP contribution in [0.25, 0.3) is 0 Å². The molecule has 0 radical (unpaired) electrons. The van der Waals surface area contributed by atoms with Crippen molar-refractivity contribution in [1.82, 2.24) is 5.32 Å². The van der Waals surface area contributed by atoms with Gasteiger partial charge in [-0.25, -0.2) is 4.79 Å². The number of benzene rings is 1. The summed E-state index contributed by atoms with van der Waals surface area (Å²) in [6.45, 7) is 0.181. The molecule has 1 atom stereocenters. The highest BCUT2D eigenvalue weighted by Gasteiger charge is 2.22. The number of amides is 2. The molecule has 0 heterocycles. The Bertz CT molecular complexity index is 689. The van der Waals surface area contributed by atoms with E-state index < -0.39 is 30.6 Å². The second-order valence-electron chi connectivity index (χ2n) is 5.53. The molecule has 1 rings (SSSR count). The van der Waals surface area contributed by atoms with Crippen LogP contribution >= 0.6 is 0 Å². The zero-order chi connectivity index (χ0) is 20.6. The molecular formula is C15H23N5O7. The third kappa shape index (κ3) is 7.45. The second-order valence-corrected chi connectivity index (χ2v) is 5.53. The quantitative estimate of drug-likeness (QED) is 0.102. The lowest BCUT2D eigenvalue weighted by atomic mass is 10.1. The van der Waals surface area contributed by atoms with E-state index in [9.17, 15) is 30.0 Å². The van der Waals surface area contributed by atoms with Crippen LogP contribution in [-0.2, 0) is 4.79 Å². The summed E-state index contributed by atoms with van der Waals surface area (Å²) in [5, 5.41) is 50.5. The number of aliphatic imine (C=N–C) groups is 1. The van der Waals surface area contributed by atoms with Gasteiger partial charge in [-0.15, -0.1) is 0 Å². The van der Waals surface area contributed by atoms with Gasteiger partial charge in [0.25, 0.3) is 0 Å². The predicted molar refractivity (Wildman–Crippen MR) is 94.3 cm³/mol. The fourth-order valence-electron chi connectivity index (χ4n) is 2.21. The highest BCUT2D eigenvalue weighted by Crippen LogP contribution is 2.25. The lowest BCUT2D eigenvalue weighted by Gasteiger charge is -2.19. The number of aliphatic hydroxyl groups excluding tert-OH is 2. The minimum Gasteiger partial charge on any atom is -0.465 e. The molecule has 27 heavy (non-hydrogen) atoms. The molecule has 0 saturated carbocycles. The Morgan fingerprint density at radius 1 is 1.11 bits per heavy atom. The van der Waals surface area contributed by atoms with Gasteiger partial charge in [0, 0.05) is 23.4 Å². The van der Waals surface area contributed by atoms with E-state index in [-0.39, 0.29) is 35.7 Å². The first kappa shape index (κ1) is 22.1. The molecule has 11 N–H and O–H groups in total. The molecule has 0 spiro atoms. The molecule has 0 aliphatic heterocycles. The Hall–Kier alpha value is -2.93. The average Bonchev–Trinajstić information content (AvgIpc) is 2.56. The van der Waals surface area contributed by atoms with E-state index in [0.29, 0.717) is 6.42 Å². The first-order valence-corrected chi connectivity index (χ1v) is 7.83. The second kappa shape index (κ2) is 10.3. The fraction of sp³-hybridized carbons (Fsp3) is 0.400. The maximum Gasteiger partial charge on any atom is 0.405 e. The van der Waals surface area contributed by atoms with E-state index in [2.05, 4.69) is 10.3 Å². The van der Waals surface area contributed by atoms with Gasteiger partial charge in [0.2, 0.25) is 5.91 Å². The molecule has 0 saturated heterocycles. The Balaban J connectivity index is 2.97. The normalized spacial score (nSPS) is 11.9. The number of carbonyl (C=O) groups excluding carboxylic acids is 1. The predicted octanol–water partition coefficient (Wildman–Crippen LogP) is -1.72. The van der Waals surface area contributed by atoms with Gasteiger partial charge in [0.05, 0.1) is 0 Å². The molecule has 0 unspecified atom stereocenters. The third-order valence-corrected chi connectivity index (χ3v) is 3.47. The minimum atomic E-state index is -1.95. The lowest BCUT2D eigenvalue weighted by molar-refractivity contribution is -0.118. The van der Waals surface area contributed by atoms with Gasteiger partial charge in [-0.2, -0.15) is 0 Å². The maximum absolute atomic E-state index is 12.4. The van der Waals surface area contributed by atoms with Crippen molar-refractivity contribution in [3.63, 3.8) is 0 Å². The van der Waals surface area contributed by atoms with Crippen molar-refractivity contribution in [2.24, 2.45) is 16.5 Å². The van der Waals surface area contributed by atoms with E-state index in [4.69, 9.17) is 16.6 Å². The maximum atomic E-state index is 12.4. The van der Waals surface area contributed by atoms with Gasteiger partial charge in [0.1, 0.15) is 6.04 Å². The topological polar surface area (TPSA) is 224 Å². The lowest BCUT2D eigenvalue weighted by Crippen LogP contribution is -2.43. The number of rotatable bonds is 9. The number of carboxylic acid groups (broad SMARTS) is 1. The van der Waals surface area contributed by atoms with Crippen LogP contribution in [0.2, 0.25) is 0 Å². The number of aliphatic hydroxyl groups is 4. The molecule has 0 fully saturated rings. The zero-order valence-corrected chi connectivity index (χ0v) is 14.2. The number of hydrogen-bond donors (Lipinski definition) is 9. The van der Waals surface area contributed by atoms with Gasteiger partial charge in [0.15, 0.2) is 18.5 Å². The number of anilines is 1. The number of guanidine groups is 1. The molecule has 0 aliphatic rings. The number of nitrogens with zero attached hydrogens (tertiary/aromatic N) is 1. The van der Waals surface area contributed by atoms with Gasteiger partial charge in [-0.05, 0) is 18.9 Å². The Morgan fingerprint density at radius 2 is 1.78 bits per heavy atom. The van der Waals surface area contributed by atoms with Gasteiger partial charge in [-0.3, -0.25) is 9.79 Å². The summed E-state index contributed by atoms with van der Waals surface area (Å²) in [6, 6.07) is 2.38. The van der Waals surface area contributed by atoms with Crippen LogP contribution in [0.4, 0.5) is 10.5 Å². The molecule has 2 amide bonds. The zero-order valence-electron chi connectivity index (χ0n) is 14.2. The van der Waals surface area contributed by atoms with Gasteiger partial charge < -0.3 is 47.6 Å². The molecule has 150 valence electrons. The van der Waals surface area contributed by atoms with Crippen molar-refractivity contribution in [2.45, 2.75) is 31.5 Å². The number of hydrogen-bond acceptors (Lipinski definition) is 7. The van der Waals surface area contributed by atoms with E-state index in [0.717, 1.165) is 6.07 Å². The molecule has 0 aliphatic carbocycles. The Labute approximate surface area is 154 Å². The average molecular weight is 385 g/mol. The van der Waals surface area contributed by atoms with E-state index in [1.807, 2.05) is 5.32 Å². The molecule has 1 aromatic rings. The standard InChI is InChI=1S/C15H23N5O7/c16-14(17)18-5-1-2-9(20-15(26)27)11(21)19-10-6-7(12(22)23)3-4-8(10)13(24)25/h3-4,6,9,12-13,20,22-25H,1-2,5H2,(H,19,21)(H,26,27)(H4,16,17,18)/t9-/m0/s1. The first-order valence-electron chi connectivity index (χ1n) is 7.83. The van der Waals surface area contributed by atoms with Crippen LogP contribution in [0.1, 0.15) is 36.5 Å². The molecule has 12 heteroatoms. The summed E-state index contributed by atoms with van der Waals surface area (Å²) in [6.07, 6.45) is -4.87. The number of carbonyl (C=O) groups is 2. The molecule has 0 aromatic heterocycles. The summed E-state index contributed by atoms with van der Waals surface area (Å²) in [4.78, 5) is 27.1. The third-order valence-electron chi connectivity index (χ3n) is 3.47. The fourth-order valence-corrected chi connectivity index (χ4v) is 2.21. The van der Waals surface area contributed by atoms with Crippen molar-refractivity contribution in [3.8, 4) is 0 Å². The van der Waals surface area contributed by atoms with Gasteiger partial charge >= 0.3 is 6.09 Å². The van der Waals surface area contributed by atoms with Crippen molar-refractivity contribution >= 4 is 23.6 Å². The van der Waals surface area contributed by atoms with Crippen LogP contribution in [-0.4, -0.2) is 56.1 Å². The smallest absolute Gasteiger partial charge is 0.405 e. The molecular weight excluding hydrogens is 362 g/mol. The van der Waals surface area contributed by atoms with Gasteiger partial charge in [-0.1, -0.05) is 12.1 Å². The summed E-state index contributed by atoms with van der Waals surface area (Å²) >= 11 is 0. The van der Waals surface area contributed by atoms with Crippen LogP contribution < -0.4 is 22.1 Å². The van der Waals surface area contributed by atoms with E-state index in [1.165, 1.54) is 12.1 Å². The molecule has 1 aromatic carbocycles. The van der Waals surface area contributed by atoms with Crippen LogP contribution in [0.5, 0.6) is 0 Å². The molecule has 12 nitrogen and oxygen atoms in total. The summed E-state index contributed by atoms with van der Waals surface area (Å²) in [5.74, 6) is -0.920. The SMILES string of the molecule is NC(N)=NCCC[C@H](NC(=O)O)C(=O)Nc1cc(C(O)O)ccc1C(O)O. The van der Waals surface area contributed by atoms with Crippen molar-refractivity contribution in [2.75, 3.05) is 11.9 Å². The van der Waals surface area contributed by atoms with Crippen molar-refractivity contribution in [3.05, 3.63) is 29.3 Å². The van der Waals surface area contributed by atoms with Crippen LogP contribution in [0.3, 0.4) is 0 Å². The summed E-state index contributed by atoms with van der Waals surface area (Å²) in [7, 11) is 0. The monoisotopic (exact) mass is 385 g/mol.